The van der Waals surface area contributed by atoms with E-state index in [1.54, 1.807) is 13.0 Å². The van der Waals surface area contributed by atoms with E-state index in [1.807, 2.05) is 0 Å². The molecule has 0 unspecified atom stereocenters. The molecule has 1 saturated carbocycles. The quantitative estimate of drug-likeness (QED) is 0.781. The summed E-state index contributed by atoms with van der Waals surface area (Å²) in [4.78, 5) is 16.4. The number of carbonyl (C=O) groups excluding carboxylic acids is 1. The van der Waals surface area contributed by atoms with Gasteiger partial charge in [0.2, 0.25) is 15.9 Å². The molecule has 1 amide bonds. The van der Waals surface area contributed by atoms with Crippen LogP contribution in [0.1, 0.15) is 19.8 Å². The zero-order valence-corrected chi connectivity index (χ0v) is 15.3. The first-order valence-electron chi connectivity index (χ1n) is 7.57. The van der Waals surface area contributed by atoms with E-state index in [0.29, 0.717) is 22.4 Å². The van der Waals surface area contributed by atoms with Crippen molar-refractivity contribution < 1.29 is 17.6 Å². The number of carbonyl (C=O) groups is 1. The summed E-state index contributed by atoms with van der Waals surface area (Å²) < 4.78 is 31.1. The van der Waals surface area contributed by atoms with Gasteiger partial charge in [-0.3, -0.25) is 4.79 Å². The van der Waals surface area contributed by atoms with E-state index in [1.165, 1.54) is 38.0 Å². The molecule has 1 heterocycles. The molecule has 1 fully saturated rings. The summed E-state index contributed by atoms with van der Waals surface area (Å²) in [7, 11) is -0.569. The molecule has 0 saturated heterocycles. The van der Waals surface area contributed by atoms with Crippen LogP contribution in [-0.4, -0.2) is 49.0 Å². The Balaban J connectivity index is 1.79. The summed E-state index contributed by atoms with van der Waals surface area (Å²) in [6.07, 6.45) is 2.07. The zero-order valence-electron chi connectivity index (χ0n) is 13.6. The average Bonchev–Trinajstić information content (AvgIpc) is 3.23. The normalized spacial score (nSPS) is 16.5. The number of nitrogens with zero attached hydrogens (tertiary/aromatic N) is 2. The predicted octanol–water partition coefficient (Wildman–Crippen LogP) is 1.84. The SMILES string of the molecule is C[C@@H](Sc1nc2cc(S(=O)(=O)N(C)C)ccc2o1)C(=O)NC1CC1. The second-order valence-electron chi connectivity index (χ2n) is 5.94. The van der Waals surface area contributed by atoms with Crippen LogP contribution in [0.3, 0.4) is 0 Å². The Morgan fingerprint density at radius 2 is 2.12 bits per heavy atom. The molecule has 7 nitrogen and oxygen atoms in total. The summed E-state index contributed by atoms with van der Waals surface area (Å²) in [5, 5.41) is 2.95. The Kier molecular flexibility index (Phi) is 4.58. The number of amides is 1. The maximum absolute atomic E-state index is 12.2. The molecule has 1 aromatic heterocycles. The fraction of sp³-hybridized carbons (Fsp3) is 0.467. The van der Waals surface area contributed by atoms with Crippen molar-refractivity contribution in [3.05, 3.63) is 18.2 Å². The van der Waals surface area contributed by atoms with E-state index in [9.17, 15) is 13.2 Å². The Bertz CT molecular complexity index is 872. The molecule has 2 aromatic rings. The van der Waals surface area contributed by atoms with E-state index in [0.717, 1.165) is 17.1 Å². The van der Waals surface area contributed by atoms with Gasteiger partial charge in [0.15, 0.2) is 5.58 Å². The number of hydrogen-bond acceptors (Lipinski definition) is 6. The molecule has 1 N–H and O–H groups in total. The summed E-state index contributed by atoms with van der Waals surface area (Å²) in [6.45, 7) is 1.79. The van der Waals surface area contributed by atoms with Crippen molar-refractivity contribution >= 4 is 38.8 Å². The highest BCUT2D eigenvalue weighted by Gasteiger charge is 2.27. The van der Waals surface area contributed by atoms with Crippen LogP contribution in [-0.2, 0) is 14.8 Å². The molecule has 0 aliphatic heterocycles. The molecular weight excluding hydrogens is 350 g/mol. The molecular formula is C15H19N3O4S2. The summed E-state index contributed by atoms with van der Waals surface area (Å²) in [5.41, 5.74) is 0.945. The molecule has 0 spiro atoms. The van der Waals surface area contributed by atoms with Gasteiger partial charge in [-0.2, -0.15) is 0 Å². The topological polar surface area (TPSA) is 92.5 Å². The van der Waals surface area contributed by atoms with E-state index in [4.69, 9.17) is 4.42 Å². The summed E-state index contributed by atoms with van der Waals surface area (Å²) >= 11 is 1.22. The number of aromatic nitrogens is 1. The molecule has 1 aromatic carbocycles. The molecule has 0 radical (unpaired) electrons. The van der Waals surface area contributed by atoms with E-state index >= 15 is 0 Å². The molecule has 3 rings (SSSR count). The number of hydrogen-bond donors (Lipinski definition) is 1. The number of benzene rings is 1. The number of thioether (sulfide) groups is 1. The van der Waals surface area contributed by atoms with E-state index < -0.39 is 10.0 Å². The van der Waals surface area contributed by atoms with Gasteiger partial charge >= 0.3 is 0 Å². The van der Waals surface area contributed by atoms with Crippen LogP contribution in [0.2, 0.25) is 0 Å². The second kappa shape index (κ2) is 6.38. The van der Waals surface area contributed by atoms with Gasteiger partial charge < -0.3 is 9.73 Å². The summed E-state index contributed by atoms with van der Waals surface area (Å²) in [5.74, 6) is -0.0411. The third-order valence-electron chi connectivity index (χ3n) is 3.69. The van der Waals surface area contributed by atoms with Gasteiger partial charge in [-0.15, -0.1) is 0 Å². The lowest BCUT2D eigenvalue weighted by Crippen LogP contribution is -2.32. The average molecular weight is 369 g/mol. The van der Waals surface area contributed by atoms with Crippen LogP contribution in [0.4, 0.5) is 0 Å². The molecule has 9 heteroatoms. The van der Waals surface area contributed by atoms with Gasteiger partial charge in [-0.05, 0) is 38.0 Å². The fourth-order valence-electron chi connectivity index (χ4n) is 2.06. The van der Waals surface area contributed by atoms with Crippen LogP contribution in [0.5, 0.6) is 0 Å². The minimum absolute atomic E-state index is 0.0411. The molecule has 24 heavy (non-hydrogen) atoms. The molecule has 1 atom stereocenters. The number of oxazole rings is 1. The largest absolute Gasteiger partial charge is 0.431 e. The van der Waals surface area contributed by atoms with Gasteiger partial charge in [-0.25, -0.2) is 17.7 Å². The van der Waals surface area contributed by atoms with Crippen LogP contribution in [0.25, 0.3) is 11.1 Å². The minimum atomic E-state index is -3.52. The molecule has 1 aliphatic rings. The van der Waals surface area contributed by atoms with Crippen molar-refractivity contribution in [2.75, 3.05) is 14.1 Å². The number of rotatable bonds is 6. The van der Waals surface area contributed by atoms with Gasteiger partial charge in [-0.1, -0.05) is 11.8 Å². The van der Waals surface area contributed by atoms with E-state index in [2.05, 4.69) is 10.3 Å². The van der Waals surface area contributed by atoms with Crippen molar-refractivity contribution in [3.8, 4) is 0 Å². The van der Waals surface area contributed by atoms with Gasteiger partial charge in [0.25, 0.3) is 5.22 Å². The highest BCUT2D eigenvalue weighted by molar-refractivity contribution is 8.00. The Morgan fingerprint density at radius 1 is 1.42 bits per heavy atom. The number of fused-ring (bicyclic) bond motifs is 1. The van der Waals surface area contributed by atoms with Crippen LogP contribution in [0, 0.1) is 0 Å². The standard InChI is InChI=1S/C15H19N3O4S2/c1-9(14(19)16-10-4-5-10)23-15-17-12-8-11(6-7-13(12)22-15)24(20,21)18(2)3/h6-10H,4-5H2,1-3H3,(H,16,19)/t9-/m1/s1. The smallest absolute Gasteiger partial charge is 0.257 e. The Morgan fingerprint density at radius 3 is 2.75 bits per heavy atom. The Hall–Kier alpha value is -1.58. The molecule has 0 bridgehead atoms. The third-order valence-corrected chi connectivity index (χ3v) is 6.44. The van der Waals surface area contributed by atoms with Crippen molar-refractivity contribution in [3.63, 3.8) is 0 Å². The predicted molar refractivity (Wildman–Crippen MR) is 91.4 cm³/mol. The monoisotopic (exact) mass is 369 g/mol. The summed E-state index contributed by atoms with van der Waals surface area (Å²) in [6, 6.07) is 4.86. The van der Waals surface area contributed by atoms with Gasteiger partial charge in [0.1, 0.15) is 5.52 Å². The lowest BCUT2D eigenvalue weighted by atomic mass is 10.3. The second-order valence-corrected chi connectivity index (χ2v) is 9.38. The fourth-order valence-corrected chi connectivity index (χ4v) is 3.75. The maximum atomic E-state index is 12.2. The van der Waals surface area contributed by atoms with Crippen LogP contribution in [0.15, 0.2) is 32.7 Å². The van der Waals surface area contributed by atoms with Crippen molar-refractivity contribution in [2.45, 2.75) is 41.2 Å². The van der Waals surface area contributed by atoms with Crippen LogP contribution < -0.4 is 5.32 Å². The zero-order chi connectivity index (χ0) is 17.5. The number of nitrogens with one attached hydrogen (secondary N) is 1. The highest BCUT2D eigenvalue weighted by Crippen LogP contribution is 2.29. The highest BCUT2D eigenvalue weighted by atomic mass is 32.2. The van der Waals surface area contributed by atoms with Crippen LogP contribution >= 0.6 is 11.8 Å². The lowest BCUT2D eigenvalue weighted by Gasteiger charge is -2.10. The Labute approximate surface area is 144 Å². The molecule has 130 valence electrons. The maximum Gasteiger partial charge on any atom is 0.257 e. The van der Waals surface area contributed by atoms with Gasteiger partial charge in [0, 0.05) is 20.1 Å². The van der Waals surface area contributed by atoms with Crippen molar-refractivity contribution in [1.82, 2.24) is 14.6 Å². The number of sulfonamides is 1. The first kappa shape index (κ1) is 17.2. The van der Waals surface area contributed by atoms with Crippen molar-refractivity contribution in [1.29, 1.82) is 0 Å². The first-order chi connectivity index (χ1) is 11.3. The minimum Gasteiger partial charge on any atom is -0.431 e. The van der Waals surface area contributed by atoms with Gasteiger partial charge in [0.05, 0.1) is 10.1 Å². The third kappa shape index (κ3) is 3.57. The van der Waals surface area contributed by atoms with Crippen molar-refractivity contribution in [2.24, 2.45) is 0 Å². The first-order valence-corrected chi connectivity index (χ1v) is 9.89. The lowest BCUT2D eigenvalue weighted by molar-refractivity contribution is -0.120. The molecule has 1 aliphatic carbocycles. The van der Waals surface area contributed by atoms with E-state index in [-0.39, 0.29) is 16.1 Å².